The van der Waals surface area contributed by atoms with E-state index in [1.165, 1.54) is 17.9 Å². The highest BCUT2D eigenvalue weighted by Gasteiger charge is 2.55. The van der Waals surface area contributed by atoms with Crippen LogP contribution < -0.4 is 14.8 Å². The zero-order valence-corrected chi connectivity index (χ0v) is 28.0. The second-order valence-electron chi connectivity index (χ2n) is 14.4. The molecule has 3 heterocycles. The topological polar surface area (TPSA) is 107 Å². The number of carbonyl (C=O) groups excluding carboxylic acids is 3. The molecule has 1 saturated carbocycles. The molecule has 0 unspecified atom stereocenters. The molecule has 2 aliphatic heterocycles. The number of ether oxygens (including phenoxy) is 3. The molecule has 6 atom stereocenters. The number of hydrogen-bond acceptors (Lipinski definition) is 7. The number of nitrogens with one attached hydrogen (secondary N) is 1. The number of rotatable bonds is 4. The van der Waals surface area contributed by atoms with Crippen molar-refractivity contribution in [3.63, 3.8) is 0 Å². The smallest absolute Gasteiger partial charge is 0.408 e. The summed E-state index contributed by atoms with van der Waals surface area (Å²) in [4.78, 5) is 46.6. The van der Waals surface area contributed by atoms with Crippen molar-refractivity contribution in [2.45, 2.75) is 117 Å². The van der Waals surface area contributed by atoms with Gasteiger partial charge in [-0.15, -0.1) is 0 Å². The van der Waals surface area contributed by atoms with Crippen LogP contribution in [0.1, 0.15) is 92.6 Å². The maximum atomic E-state index is 16.1. The Hall–Kier alpha value is -3.50. The van der Waals surface area contributed by atoms with Gasteiger partial charge in [-0.05, 0) is 70.1 Å². The van der Waals surface area contributed by atoms with Gasteiger partial charge < -0.3 is 24.4 Å². The Labute approximate surface area is 269 Å². The van der Waals surface area contributed by atoms with E-state index in [4.69, 9.17) is 14.2 Å². The van der Waals surface area contributed by atoms with Crippen LogP contribution in [0.4, 0.5) is 13.6 Å². The van der Waals surface area contributed by atoms with Crippen LogP contribution in [0, 0.1) is 17.3 Å². The molecule has 1 N–H and O–H groups in total. The number of Topliss-reactive ketones (excluding diaryl/α,β-unsaturated/α-hetero) is 1. The third-order valence-electron chi connectivity index (χ3n) is 9.84. The Balaban J connectivity index is 1.60. The summed E-state index contributed by atoms with van der Waals surface area (Å²) < 4.78 is 50.1. The fourth-order valence-corrected chi connectivity index (χ4v) is 7.13. The van der Waals surface area contributed by atoms with Crippen LogP contribution in [0.3, 0.4) is 0 Å². The highest BCUT2D eigenvalue weighted by Crippen LogP contribution is 2.50. The molecule has 1 aromatic carbocycles. The lowest BCUT2D eigenvalue weighted by Gasteiger charge is -2.35. The van der Waals surface area contributed by atoms with Gasteiger partial charge in [-0.3, -0.25) is 9.59 Å². The van der Waals surface area contributed by atoms with E-state index in [9.17, 15) is 14.4 Å². The maximum absolute atomic E-state index is 16.1. The zero-order valence-electron chi connectivity index (χ0n) is 28.0. The number of nitrogens with zero attached hydrogens (tertiary/aromatic N) is 2. The fourth-order valence-electron chi connectivity index (χ4n) is 7.13. The van der Waals surface area contributed by atoms with E-state index >= 15 is 8.78 Å². The van der Waals surface area contributed by atoms with Gasteiger partial charge in [0.15, 0.2) is 5.78 Å². The van der Waals surface area contributed by atoms with Gasteiger partial charge in [0.2, 0.25) is 11.8 Å². The van der Waals surface area contributed by atoms with Crippen molar-refractivity contribution >= 4 is 28.7 Å². The summed E-state index contributed by atoms with van der Waals surface area (Å²) in [5.74, 6) is -4.06. The second kappa shape index (κ2) is 12.6. The summed E-state index contributed by atoms with van der Waals surface area (Å²) in [5.41, 5.74) is -1.32. The van der Waals surface area contributed by atoms with Crippen LogP contribution in [-0.4, -0.2) is 64.6 Å². The van der Waals surface area contributed by atoms with E-state index in [2.05, 4.69) is 10.3 Å². The quantitative estimate of drug-likeness (QED) is 0.391. The molecule has 0 radical (unpaired) electrons. The first-order valence-corrected chi connectivity index (χ1v) is 16.5. The summed E-state index contributed by atoms with van der Waals surface area (Å²) in [5, 5.41) is 3.33. The summed E-state index contributed by atoms with van der Waals surface area (Å²) in [6.07, 6.45) is 0.587. The summed E-state index contributed by atoms with van der Waals surface area (Å²) in [7, 11) is 0. The molecule has 2 bridgehead atoms. The predicted octanol–water partition coefficient (Wildman–Crippen LogP) is 6.79. The average molecular weight is 644 g/mol. The van der Waals surface area contributed by atoms with Crippen molar-refractivity contribution in [2.24, 2.45) is 17.3 Å². The molecule has 46 heavy (non-hydrogen) atoms. The number of fused-ring (bicyclic) bond motifs is 5. The molecule has 3 aliphatic rings. The zero-order chi connectivity index (χ0) is 33.6. The van der Waals surface area contributed by atoms with Gasteiger partial charge in [-0.25, -0.2) is 18.6 Å². The number of aromatic nitrogens is 1. The van der Waals surface area contributed by atoms with Crippen LogP contribution >= 0.6 is 0 Å². The first-order chi connectivity index (χ1) is 21.6. The van der Waals surface area contributed by atoms with Gasteiger partial charge in [-0.1, -0.05) is 34.1 Å². The lowest BCUT2D eigenvalue weighted by Crippen LogP contribution is -2.57. The van der Waals surface area contributed by atoms with E-state index in [0.29, 0.717) is 48.9 Å². The monoisotopic (exact) mass is 643 g/mol. The minimum atomic E-state index is -3.25. The Morgan fingerprint density at radius 1 is 1.17 bits per heavy atom. The Morgan fingerprint density at radius 2 is 1.91 bits per heavy atom. The van der Waals surface area contributed by atoms with Crippen LogP contribution in [0.2, 0.25) is 0 Å². The van der Waals surface area contributed by atoms with E-state index in [1.54, 1.807) is 18.2 Å². The molecule has 1 saturated heterocycles. The van der Waals surface area contributed by atoms with E-state index in [0.717, 1.165) is 0 Å². The van der Waals surface area contributed by atoms with E-state index < -0.39 is 59.5 Å². The molecule has 0 spiro atoms. The average Bonchev–Trinajstić information content (AvgIpc) is 3.44. The minimum absolute atomic E-state index is 0.0333. The van der Waals surface area contributed by atoms with E-state index in [-0.39, 0.29) is 36.1 Å². The molecule has 9 nitrogen and oxygen atoms in total. The number of halogens is 2. The second-order valence-corrected chi connectivity index (χ2v) is 14.4. The first-order valence-electron chi connectivity index (χ1n) is 16.5. The van der Waals surface area contributed by atoms with Crippen molar-refractivity contribution in [1.82, 2.24) is 15.2 Å². The molecule has 2 fully saturated rings. The number of alkyl carbamates (subject to hydrolysis) is 1. The SMILES string of the molecule is CCOc1ccc2cc3c(nc2c1)O[C@H]1CN(C(=O)[C@H](C(C)(C)C)NC(=O)O[C@]2(C)C[C@H]2CCCCC3(F)F)[C@H](C(C)=O)[C@@H]1CC. The number of benzene rings is 1. The standard InChI is InChI=1S/C35H47F2N3O6/c1-8-24-27-19-40(28(24)20(3)41)31(42)29(33(4,5)6)39-32(43)46-34(7)18-22(34)12-10-11-15-35(36,37)25-16-21-13-14-23(44-9-2)17-26(21)38-30(25)45-27/h13-14,16-17,22,24,27-29H,8-12,15,18-19H2,1-7H3,(H,39,43)/t22-,24-,27+,28-,29-,34-/m1/s1. The summed E-state index contributed by atoms with van der Waals surface area (Å²) >= 11 is 0. The first kappa shape index (κ1) is 33.9. The molecular weight excluding hydrogens is 596 g/mol. The lowest BCUT2D eigenvalue weighted by atomic mass is 9.85. The molecule has 1 aromatic heterocycles. The normalized spacial score (nSPS) is 30.2. The number of ketones is 1. The highest BCUT2D eigenvalue weighted by atomic mass is 19.3. The van der Waals surface area contributed by atoms with Crippen molar-refractivity contribution in [3.05, 3.63) is 29.8 Å². The Bertz CT molecular complexity index is 1490. The molecular formula is C35H47F2N3O6. The number of amides is 2. The van der Waals surface area contributed by atoms with E-state index in [1.807, 2.05) is 41.5 Å². The largest absolute Gasteiger partial charge is 0.494 e. The van der Waals surface area contributed by atoms with Gasteiger partial charge in [0, 0.05) is 29.7 Å². The van der Waals surface area contributed by atoms with Gasteiger partial charge in [0.1, 0.15) is 23.5 Å². The molecule has 2 aromatic rings. The van der Waals surface area contributed by atoms with Crippen LogP contribution in [-0.2, 0) is 20.2 Å². The van der Waals surface area contributed by atoms with Crippen molar-refractivity contribution < 1.29 is 37.4 Å². The van der Waals surface area contributed by atoms with Gasteiger partial charge >= 0.3 is 6.09 Å². The third kappa shape index (κ3) is 6.79. The predicted molar refractivity (Wildman–Crippen MR) is 169 cm³/mol. The number of alkyl halides is 2. The fraction of sp³-hybridized carbons (Fsp3) is 0.657. The maximum Gasteiger partial charge on any atom is 0.408 e. The Morgan fingerprint density at radius 3 is 2.57 bits per heavy atom. The van der Waals surface area contributed by atoms with Gasteiger partial charge in [0.05, 0.1) is 30.3 Å². The van der Waals surface area contributed by atoms with Crippen molar-refractivity contribution in [3.8, 4) is 11.6 Å². The Kier molecular flexibility index (Phi) is 9.27. The molecule has 11 heteroatoms. The number of hydrogen-bond donors (Lipinski definition) is 1. The van der Waals surface area contributed by atoms with Crippen molar-refractivity contribution in [1.29, 1.82) is 0 Å². The van der Waals surface area contributed by atoms with Crippen LogP contribution in [0.5, 0.6) is 11.6 Å². The van der Waals surface area contributed by atoms with Crippen molar-refractivity contribution in [2.75, 3.05) is 13.2 Å². The third-order valence-corrected chi connectivity index (χ3v) is 9.84. The number of carbonyl (C=O) groups is 3. The summed E-state index contributed by atoms with van der Waals surface area (Å²) in [6.45, 7) is 12.9. The minimum Gasteiger partial charge on any atom is -0.494 e. The lowest BCUT2D eigenvalue weighted by molar-refractivity contribution is -0.141. The van der Waals surface area contributed by atoms with Crippen LogP contribution in [0.15, 0.2) is 24.3 Å². The molecule has 2 amide bonds. The number of pyridine rings is 1. The highest BCUT2D eigenvalue weighted by molar-refractivity contribution is 5.92. The van der Waals surface area contributed by atoms with Gasteiger partial charge in [0.25, 0.3) is 5.92 Å². The van der Waals surface area contributed by atoms with Crippen LogP contribution in [0.25, 0.3) is 10.9 Å². The van der Waals surface area contributed by atoms with Gasteiger partial charge in [-0.2, -0.15) is 0 Å². The molecule has 5 rings (SSSR count). The molecule has 1 aliphatic carbocycles. The molecule has 252 valence electrons. The summed E-state index contributed by atoms with van der Waals surface area (Å²) in [6, 6.07) is 4.69.